The van der Waals surface area contributed by atoms with Crippen molar-refractivity contribution in [2.75, 3.05) is 14.2 Å². The topological polar surface area (TPSA) is 47.6 Å². The summed E-state index contributed by atoms with van der Waals surface area (Å²) in [5.74, 6) is -1.06. The number of amides is 1. The van der Waals surface area contributed by atoms with Gasteiger partial charge in [0.05, 0.1) is 20.3 Å². The lowest BCUT2D eigenvalue weighted by molar-refractivity contribution is 0.0939. The number of nitrogens with one attached hydrogen (secondary N) is 1. The average molecular weight is 321 g/mol. The minimum atomic E-state index is -0.797. The summed E-state index contributed by atoms with van der Waals surface area (Å²) in [5.41, 5.74) is 0.697. The summed E-state index contributed by atoms with van der Waals surface area (Å²) in [6.45, 7) is 1.76. The standard InChI is InChI=1S/C17H17F2NO3/c1-10(11-4-5-15(22-2)16(8-11)23-3)20-17(21)12-6-13(18)9-14(19)7-12/h4-10H,1-3H3,(H,20,21). The van der Waals surface area contributed by atoms with Crippen LogP contribution >= 0.6 is 0 Å². The van der Waals surface area contributed by atoms with Crippen LogP contribution in [-0.2, 0) is 0 Å². The summed E-state index contributed by atoms with van der Waals surface area (Å²) in [6, 6.07) is 7.54. The Hall–Kier alpha value is -2.63. The van der Waals surface area contributed by atoms with Crippen LogP contribution in [0.5, 0.6) is 11.5 Å². The molecule has 0 radical (unpaired) electrons. The molecule has 0 aliphatic heterocycles. The van der Waals surface area contributed by atoms with E-state index in [2.05, 4.69) is 5.32 Å². The molecule has 2 aromatic rings. The van der Waals surface area contributed by atoms with Gasteiger partial charge >= 0.3 is 0 Å². The number of hydrogen-bond donors (Lipinski definition) is 1. The van der Waals surface area contributed by atoms with Crippen molar-refractivity contribution in [2.45, 2.75) is 13.0 Å². The van der Waals surface area contributed by atoms with Crippen LogP contribution in [0.25, 0.3) is 0 Å². The molecule has 2 aromatic carbocycles. The molecule has 2 rings (SSSR count). The monoisotopic (exact) mass is 321 g/mol. The van der Waals surface area contributed by atoms with E-state index < -0.39 is 17.5 Å². The zero-order valence-electron chi connectivity index (χ0n) is 13.0. The van der Waals surface area contributed by atoms with Crippen LogP contribution in [0.2, 0.25) is 0 Å². The number of halogens is 2. The lowest BCUT2D eigenvalue weighted by atomic mass is 10.1. The summed E-state index contributed by atoms with van der Waals surface area (Å²) in [7, 11) is 3.04. The number of carbonyl (C=O) groups is 1. The van der Waals surface area contributed by atoms with Gasteiger partial charge in [0.1, 0.15) is 11.6 Å². The van der Waals surface area contributed by atoms with E-state index >= 15 is 0 Å². The van der Waals surface area contributed by atoms with E-state index in [0.717, 1.165) is 17.7 Å². The number of rotatable bonds is 5. The highest BCUT2D eigenvalue weighted by atomic mass is 19.1. The molecule has 0 bridgehead atoms. The van der Waals surface area contributed by atoms with E-state index in [1.807, 2.05) is 0 Å². The van der Waals surface area contributed by atoms with Crippen molar-refractivity contribution in [3.05, 3.63) is 59.2 Å². The molecule has 0 spiro atoms. The Morgan fingerprint density at radius 1 is 1.00 bits per heavy atom. The van der Waals surface area contributed by atoms with Gasteiger partial charge in [-0.15, -0.1) is 0 Å². The minimum absolute atomic E-state index is 0.0742. The molecule has 1 amide bonds. The predicted molar refractivity (Wildman–Crippen MR) is 81.8 cm³/mol. The van der Waals surface area contributed by atoms with E-state index in [1.165, 1.54) is 14.2 Å². The molecule has 4 nitrogen and oxygen atoms in total. The maximum Gasteiger partial charge on any atom is 0.251 e. The van der Waals surface area contributed by atoms with Crippen LogP contribution in [0.15, 0.2) is 36.4 Å². The molecule has 0 saturated heterocycles. The van der Waals surface area contributed by atoms with Gasteiger partial charge in [0.25, 0.3) is 5.91 Å². The predicted octanol–water partition coefficient (Wildman–Crippen LogP) is 3.47. The van der Waals surface area contributed by atoms with Crippen LogP contribution in [0.3, 0.4) is 0 Å². The largest absolute Gasteiger partial charge is 0.493 e. The summed E-state index contributed by atoms with van der Waals surface area (Å²) < 4.78 is 36.7. The Bertz CT molecular complexity index is 699. The second-order valence-corrected chi connectivity index (χ2v) is 4.97. The zero-order chi connectivity index (χ0) is 17.0. The number of methoxy groups -OCH3 is 2. The number of hydrogen-bond acceptors (Lipinski definition) is 3. The van der Waals surface area contributed by atoms with Crippen molar-refractivity contribution in [3.63, 3.8) is 0 Å². The number of benzene rings is 2. The van der Waals surface area contributed by atoms with E-state index in [1.54, 1.807) is 25.1 Å². The molecule has 23 heavy (non-hydrogen) atoms. The summed E-state index contributed by atoms with van der Waals surface area (Å²) in [5, 5.41) is 2.69. The van der Waals surface area contributed by atoms with Gasteiger partial charge in [-0.05, 0) is 36.8 Å². The maximum atomic E-state index is 13.2. The molecule has 0 fully saturated rings. The van der Waals surface area contributed by atoms with Crippen molar-refractivity contribution in [2.24, 2.45) is 0 Å². The summed E-state index contributed by atoms with van der Waals surface area (Å²) in [6.07, 6.45) is 0. The fourth-order valence-corrected chi connectivity index (χ4v) is 2.17. The van der Waals surface area contributed by atoms with E-state index in [-0.39, 0.29) is 11.6 Å². The molecule has 1 atom stereocenters. The van der Waals surface area contributed by atoms with E-state index in [0.29, 0.717) is 17.6 Å². The van der Waals surface area contributed by atoms with Crippen LogP contribution in [0, 0.1) is 11.6 Å². The molecule has 0 aromatic heterocycles. The van der Waals surface area contributed by atoms with Gasteiger partial charge in [0.15, 0.2) is 11.5 Å². The van der Waals surface area contributed by atoms with Crippen molar-refractivity contribution >= 4 is 5.91 Å². The van der Waals surface area contributed by atoms with Gasteiger partial charge in [0.2, 0.25) is 0 Å². The molecule has 0 heterocycles. The third-order valence-electron chi connectivity index (χ3n) is 3.38. The molecule has 0 aliphatic rings. The smallest absolute Gasteiger partial charge is 0.251 e. The highest BCUT2D eigenvalue weighted by Gasteiger charge is 2.15. The van der Waals surface area contributed by atoms with Gasteiger partial charge in [-0.25, -0.2) is 8.78 Å². The SMILES string of the molecule is COc1ccc(C(C)NC(=O)c2cc(F)cc(F)c2)cc1OC. The van der Waals surface area contributed by atoms with Gasteiger partial charge in [-0.3, -0.25) is 4.79 Å². The highest BCUT2D eigenvalue weighted by Crippen LogP contribution is 2.29. The quantitative estimate of drug-likeness (QED) is 0.917. The molecule has 122 valence electrons. The first-order valence-corrected chi connectivity index (χ1v) is 6.93. The second kappa shape index (κ2) is 7.09. The average Bonchev–Trinajstić information content (AvgIpc) is 2.53. The normalized spacial score (nSPS) is 11.7. The third-order valence-corrected chi connectivity index (χ3v) is 3.38. The second-order valence-electron chi connectivity index (χ2n) is 4.97. The van der Waals surface area contributed by atoms with Crippen LogP contribution in [-0.4, -0.2) is 20.1 Å². The Morgan fingerprint density at radius 2 is 1.61 bits per heavy atom. The van der Waals surface area contributed by atoms with Crippen molar-refractivity contribution in [1.82, 2.24) is 5.32 Å². The number of carbonyl (C=O) groups excluding carboxylic acids is 1. The Kier molecular flexibility index (Phi) is 5.16. The fraction of sp³-hybridized carbons (Fsp3) is 0.235. The lowest BCUT2D eigenvalue weighted by Gasteiger charge is -2.16. The van der Waals surface area contributed by atoms with E-state index in [9.17, 15) is 13.6 Å². The lowest BCUT2D eigenvalue weighted by Crippen LogP contribution is -2.26. The maximum absolute atomic E-state index is 13.2. The third kappa shape index (κ3) is 3.97. The van der Waals surface area contributed by atoms with E-state index in [4.69, 9.17) is 9.47 Å². The van der Waals surface area contributed by atoms with Crippen LogP contribution < -0.4 is 14.8 Å². The summed E-state index contributed by atoms with van der Waals surface area (Å²) in [4.78, 5) is 12.1. The van der Waals surface area contributed by atoms with Crippen molar-refractivity contribution < 1.29 is 23.0 Å². The van der Waals surface area contributed by atoms with Gasteiger partial charge in [-0.2, -0.15) is 0 Å². The Balaban J connectivity index is 2.18. The first-order chi connectivity index (χ1) is 10.9. The van der Waals surface area contributed by atoms with Crippen LogP contribution in [0.1, 0.15) is 28.9 Å². The summed E-state index contributed by atoms with van der Waals surface area (Å²) >= 11 is 0. The highest BCUT2D eigenvalue weighted by molar-refractivity contribution is 5.94. The van der Waals surface area contributed by atoms with Gasteiger partial charge < -0.3 is 14.8 Å². The molecule has 0 saturated carbocycles. The van der Waals surface area contributed by atoms with Gasteiger partial charge in [-0.1, -0.05) is 6.07 Å². The Labute approximate surface area is 133 Å². The Morgan fingerprint density at radius 3 is 2.17 bits per heavy atom. The van der Waals surface area contributed by atoms with Crippen molar-refractivity contribution in [1.29, 1.82) is 0 Å². The zero-order valence-corrected chi connectivity index (χ0v) is 13.0. The minimum Gasteiger partial charge on any atom is -0.493 e. The molecule has 1 unspecified atom stereocenters. The molecule has 1 N–H and O–H groups in total. The van der Waals surface area contributed by atoms with Crippen molar-refractivity contribution in [3.8, 4) is 11.5 Å². The molecular weight excluding hydrogens is 304 g/mol. The molecule has 6 heteroatoms. The van der Waals surface area contributed by atoms with Crippen LogP contribution in [0.4, 0.5) is 8.78 Å². The fourth-order valence-electron chi connectivity index (χ4n) is 2.17. The number of ether oxygens (including phenoxy) is 2. The first-order valence-electron chi connectivity index (χ1n) is 6.93. The van der Waals surface area contributed by atoms with Gasteiger partial charge in [0, 0.05) is 11.6 Å². The molecule has 0 aliphatic carbocycles. The molecular formula is C17H17F2NO3. The first kappa shape index (κ1) is 16.7.